The normalized spacial score (nSPS) is 24.7. The highest BCUT2D eigenvalue weighted by molar-refractivity contribution is 4.81. The third kappa shape index (κ3) is 16.4. The Labute approximate surface area is 146 Å². The molecular formula is C18H34O6. The maximum absolute atomic E-state index is 5.52. The fourth-order valence-corrected chi connectivity index (χ4v) is 2.04. The van der Waals surface area contributed by atoms with Crippen LogP contribution in [0, 0.1) is 0 Å². The van der Waals surface area contributed by atoms with Crippen molar-refractivity contribution in [2.45, 2.75) is 25.7 Å². The lowest BCUT2D eigenvalue weighted by molar-refractivity contribution is -0.0168. The zero-order valence-corrected chi connectivity index (χ0v) is 14.9. The lowest BCUT2D eigenvalue weighted by atomic mass is 10.2. The van der Waals surface area contributed by atoms with Gasteiger partial charge in [0.15, 0.2) is 0 Å². The van der Waals surface area contributed by atoms with Crippen LogP contribution in [-0.4, -0.2) is 79.3 Å². The molecule has 0 aromatic carbocycles. The summed E-state index contributed by atoms with van der Waals surface area (Å²) in [5, 5.41) is 0. The van der Waals surface area contributed by atoms with E-state index in [1.807, 2.05) is 0 Å². The van der Waals surface area contributed by atoms with Gasteiger partial charge >= 0.3 is 0 Å². The highest BCUT2D eigenvalue weighted by Gasteiger charge is 1.94. The number of allylic oxidation sites excluding steroid dienone is 2. The molecule has 0 amide bonds. The van der Waals surface area contributed by atoms with Crippen LogP contribution in [-0.2, 0) is 28.4 Å². The van der Waals surface area contributed by atoms with Gasteiger partial charge in [-0.1, -0.05) is 12.2 Å². The maximum atomic E-state index is 5.52. The number of ether oxygens (including phenoxy) is 6. The molecule has 0 saturated carbocycles. The SMILES string of the molecule is C1=C\CCCOCCOCCOCCOCCOCCOCCC/1. The first-order valence-electron chi connectivity index (χ1n) is 9.11. The largest absolute Gasteiger partial charge is 0.379 e. The summed E-state index contributed by atoms with van der Waals surface area (Å²) in [5.74, 6) is 0. The molecule has 0 atom stereocenters. The minimum atomic E-state index is 0.580. The molecule has 1 heterocycles. The van der Waals surface area contributed by atoms with Crippen LogP contribution in [0.15, 0.2) is 12.2 Å². The number of hydrogen-bond donors (Lipinski definition) is 0. The highest BCUT2D eigenvalue weighted by Crippen LogP contribution is 1.97. The van der Waals surface area contributed by atoms with Gasteiger partial charge in [-0.15, -0.1) is 0 Å². The number of hydrogen-bond acceptors (Lipinski definition) is 6. The van der Waals surface area contributed by atoms with E-state index in [0.29, 0.717) is 66.1 Å². The predicted molar refractivity (Wildman–Crippen MR) is 92.5 cm³/mol. The van der Waals surface area contributed by atoms with E-state index in [2.05, 4.69) is 12.2 Å². The molecule has 0 aliphatic carbocycles. The zero-order valence-electron chi connectivity index (χ0n) is 14.9. The summed E-state index contributed by atoms with van der Waals surface area (Å²) in [5.41, 5.74) is 0. The molecule has 0 unspecified atom stereocenters. The molecule has 1 aliphatic rings. The summed E-state index contributed by atoms with van der Waals surface area (Å²) in [6.07, 6.45) is 8.66. The Hall–Kier alpha value is -0.500. The van der Waals surface area contributed by atoms with Crippen LogP contribution in [0.3, 0.4) is 0 Å². The molecule has 0 aromatic rings. The Balaban J connectivity index is 2.05. The molecule has 0 N–H and O–H groups in total. The Kier molecular flexibility index (Phi) is 16.9. The van der Waals surface area contributed by atoms with Crippen LogP contribution >= 0.6 is 0 Å². The molecule has 24 heavy (non-hydrogen) atoms. The van der Waals surface area contributed by atoms with Gasteiger partial charge in [-0.05, 0) is 25.7 Å². The van der Waals surface area contributed by atoms with Gasteiger partial charge in [0.2, 0.25) is 0 Å². The van der Waals surface area contributed by atoms with Crippen LogP contribution in [0.5, 0.6) is 0 Å². The summed E-state index contributed by atoms with van der Waals surface area (Å²) in [6, 6.07) is 0. The zero-order chi connectivity index (χ0) is 17.0. The van der Waals surface area contributed by atoms with Crippen LogP contribution in [0.4, 0.5) is 0 Å². The van der Waals surface area contributed by atoms with Gasteiger partial charge in [-0.25, -0.2) is 0 Å². The molecule has 0 spiro atoms. The van der Waals surface area contributed by atoms with E-state index in [9.17, 15) is 0 Å². The molecule has 0 aromatic heterocycles. The van der Waals surface area contributed by atoms with Crippen LogP contribution < -0.4 is 0 Å². The summed E-state index contributed by atoms with van der Waals surface area (Å²) in [7, 11) is 0. The second kappa shape index (κ2) is 18.8. The topological polar surface area (TPSA) is 55.4 Å². The van der Waals surface area contributed by atoms with Gasteiger partial charge in [0.25, 0.3) is 0 Å². The molecule has 0 fully saturated rings. The molecule has 1 rings (SSSR count). The van der Waals surface area contributed by atoms with Crippen molar-refractivity contribution < 1.29 is 28.4 Å². The molecule has 142 valence electrons. The van der Waals surface area contributed by atoms with E-state index in [0.717, 1.165) is 38.9 Å². The highest BCUT2D eigenvalue weighted by atomic mass is 16.6. The van der Waals surface area contributed by atoms with E-state index in [1.165, 1.54) is 0 Å². The second-order valence-electron chi connectivity index (χ2n) is 5.43. The lowest BCUT2D eigenvalue weighted by Crippen LogP contribution is -2.14. The third-order valence-corrected chi connectivity index (χ3v) is 3.35. The molecule has 0 radical (unpaired) electrons. The van der Waals surface area contributed by atoms with Gasteiger partial charge in [0, 0.05) is 13.2 Å². The van der Waals surface area contributed by atoms with Gasteiger partial charge < -0.3 is 28.4 Å². The van der Waals surface area contributed by atoms with Gasteiger partial charge in [0.1, 0.15) is 0 Å². The molecule has 0 saturated heterocycles. The predicted octanol–water partition coefficient (Wildman–Crippen LogP) is 2.22. The Morgan fingerprint density at radius 1 is 0.333 bits per heavy atom. The Morgan fingerprint density at radius 2 is 0.583 bits per heavy atom. The van der Waals surface area contributed by atoms with Gasteiger partial charge in [-0.3, -0.25) is 0 Å². The van der Waals surface area contributed by atoms with Crippen molar-refractivity contribution in [1.82, 2.24) is 0 Å². The molecule has 0 bridgehead atoms. The quantitative estimate of drug-likeness (QED) is 0.627. The van der Waals surface area contributed by atoms with Crippen molar-refractivity contribution in [2.24, 2.45) is 0 Å². The maximum Gasteiger partial charge on any atom is 0.0701 e. The molecule has 6 nitrogen and oxygen atoms in total. The first kappa shape index (κ1) is 21.5. The van der Waals surface area contributed by atoms with E-state index in [1.54, 1.807) is 0 Å². The minimum Gasteiger partial charge on any atom is -0.379 e. The van der Waals surface area contributed by atoms with E-state index < -0.39 is 0 Å². The molecule has 6 heteroatoms. The number of rotatable bonds is 0. The summed E-state index contributed by atoms with van der Waals surface area (Å²) >= 11 is 0. The standard InChI is InChI=1S/C18H34O6/c1-2-4-6-8-20-10-12-22-14-16-24-18-17-23-15-13-21-11-9-19-7-5-3-1/h1-2H,3-18H2/b2-1-. The second-order valence-corrected chi connectivity index (χ2v) is 5.43. The Bertz CT molecular complexity index is 246. The van der Waals surface area contributed by atoms with Crippen molar-refractivity contribution in [3.8, 4) is 0 Å². The van der Waals surface area contributed by atoms with Crippen LogP contribution in [0.1, 0.15) is 25.7 Å². The average Bonchev–Trinajstić information content (AvgIpc) is 2.59. The van der Waals surface area contributed by atoms with Gasteiger partial charge in [0.05, 0.1) is 66.1 Å². The summed E-state index contributed by atoms with van der Waals surface area (Å²) < 4.78 is 32.7. The van der Waals surface area contributed by atoms with Crippen LogP contribution in [0.2, 0.25) is 0 Å². The first-order chi connectivity index (χ1) is 12.0. The fourth-order valence-electron chi connectivity index (χ4n) is 2.04. The molecule has 1 aliphatic heterocycles. The van der Waals surface area contributed by atoms with Crippen molar-refractivity contribution in [1.29, 1.82) is 0 Å². The summed E-state index contributed by atoms with van der Waals surface area (Å²) in [6.45, 7) is 7.60. The van der Waals surface area contributed by atoms with E-state index in [4.69, 9.17) is 28.4 Å². The van der Waals surface area contributed by atoms with Crippen molar-refractivity contribution in [3.63, 3.8) is 0 Å². The summed E-state index contributed by atoms with van der Waals surface area (Å²) in [4.78, 5) is 0. The van der Waals surface area contributed by atoms with Crippen molar-refractivity contribution in [3.05, 3.63) is 12.2 Å². The minimum absolute atomic E-state index is 0.580. The Morgan fingerprint density at radius 3 is 0.875 bits per heavy atom. The molecular weight excluding hydrogens is 312 g/mol. The van der Waals surface area contributed by atoms with Gasteiger partial charge in [-0.2, -0.15) is 0 Å². The first-order valence-corrected chi connectivity index (χ1v) is 9.11. The van der Waals surface area contributed by atoms with Crippen molar-refractivity contribution in [2.75, 3.05) is 79.3 Å². The van der Waals surface area contributed by atoms with E-state index >= 15 is 0 Å². The third-order valence-electron chi connectivity index (χ3n) is 3.35. The monoisotopic (exact) mass is 346 g/mol. The average molecular weight is 346 g/mol. The fraction of sp³-hybridized carbons (Fsp3) is 0.889. The lowest BCUT2D eigenvalue weighted by Gasteiger charge is -2.08. The van der Waals surface area contributed by atoms with Crippen LogP contribution in [0.25, 0.3) is 0 Å². The van der Waals surface area contributed by atoms with E-state index in [-0.39, 0.29) is 0 Å². The van der Waals surface area contributed by atoms with Crippen molar-refractivity contribution >= 4 is 0 Å². The smallest absolute Gasteiger partial charge is 0.0701 e.